The Balaban J connectivity index is 2.13. The monoisotopic (exact) mass is 246 g/mol. The smallest absolute Gasteiger partial charge is 0.334 e. The van der Waals surface area contributed by atoms with Gasteiger partial charge in [-0.2, -0.15) is 0 Å². The first-order valence-corrected chi connectivity index (χ1v) is 6.27. The van der Waals surface area contributed by atoms with Crippen LogP contribution in [0.15, 0.2) is 42.2 Å². The summed E-state index contributed by atoms with van der Waals surface area (Å²) in [5.74, 6) is 0.574. The zero-order valence-electron chi connectivity index (χ0n) is 10.8. The Hall–Kier alpha value is -1.77. The zero-order valence-corrected chi connectivity index (χ0v) is 10.8. The van der Waals surface area contributed by atoms with Crippen molar-refractivity contribution in [3.8, 4) is 0 Å². The minimum atomic E-state index is -0.327. The van der Waals surface area contributed by atoms with E-state index in [0.29, 0.717) is 18.8 Å². The van der Waals surface area contributed by atoms with Crippen LogP contribution in [0.1, 0.15) is 31.9 Å². The summed E-state index contributed by atoms with van der Waals surface area (Å²) >= 11 is 0. The highest BCUT2D eigenvalue weighted by Gasteiger charge is 2.20. The fourth-order valence-electron chi connectivity index (χ4n) is 1.91. The zero-order chi connectivity index (χ0) is 13.0. The number of benzene rings is 1. The number of carbonyl (C=O) groups excluding carboxylic acids is 1. The number of esters is 1. The fourth-order valence-corrected chi connectivity index (χ4v) is 1.91. The Morgan fingerprint density at radius 2 is 1.94 bits per heavy atom. The molecule has 0 bridgehead atoms. The van der Waals surface area contributed by atoms with Gasteiger partial charge in [-0.3, -0.25) is 0 Å². The number of allylic oxidation sites excluding steroid dienone is 1. The predicted molar refractivity (Wildman–Crippen MR) is 68.8 cm³/mol. The van der Waals surface area contributed by atoms with Gasteiger partial charge in [-0.1, -0.05) is 44.2 Å². The Morgan fingerprint density at radius 1 is 1.22 bits per heavy atom. The molecule has 0 fully saturated rings. The molecule has 96 valence electrons. The molecule has 1 unspecified atom stereocenters. The Morgan fingerprint density at radius 3 is 2.61 bits per heavy atom. The van der Waals surface area contributed by atoms with E-state index in [2.05, 4.69) is 0 Å². The molecule has 0 aliphatic carbocycles. The van der Waals surface area contributed by atoms with Crippen molar-refractivity contribution >= 4 is 5.97 Å². The average Bonchev–Trinajstić information content (AvgIpc) is 2.34. The molecule has 1 aliphatic rings. The van der Waals surface area contributed by atoms with Crippen LogP contribution < -0.4 is 0 Å². The topological polar surface area (TPSA) is 35.5 Å². The lowest BCUT2D eigenvalue weighted by Crippen LogP contribution is -2.17. The van der Waals surface area contributed by atoms with Crippen LogP contribution in [-0.2, 0) is 14.3 Å². The van der Waals surface area contributed by atoms with E-state index in [1.54, 1.807) is 0 Å². The highest BCUT2D eigenvalue weighted by atomic mass is 16.5. The average molecular weight is 246 g/mol. The van der Waals surface area contributed by atoms with Crippen LogP contribution in [0.3, 0.4) is 0 Å². The summed E-state index contributed by atoms with van der Waals surface area (Å²) in [6.07, 6.45) is 1.92. The van der Waals surface area contributed by atoms with Crippen molar-refractivity contribution in [3.05, 3.63) is 47.7 Å². The molecule has 2 rings (SSSR count). The van der Waals surface area contributed by atoms with Crippen molar-refractivity contribution in [2.24, 2.45) is 5.92 Å². The largest absolute Gasteiger partial charge is 0.497 e. The van der Waals surface area contributed by atoms with E-state index < -0.39 is 0 Å². The molecule has 0 saturated carbocycles. The van der Waals surface area contributed by atoms with Crippen LogP contribution in [0, 0.1) is 5.92 Å². The summed E-state index contributed by atoms with van der Waals surface area (Å²) in [4.78, 5) is 11.8. The molecule has 1 heterocycles. The molecule has 0 aromatic heterocycles. The highest BCUT2D eigenvalue weighted by molar-refractivity contribution is 5.82. The molecule has 0 spiro atoms. The number of ether oxygens (including phenoxy) is 2. The second kappa shape index (κ2) is 5.71. The van der Waals surface area contributed by atoms with E-state index in [9.17, 15) is 4.79 Å². The number of cyclic esters (lactones) is 1. The normalized spacial score (nSPS) is 23.4. The van der Waals surface area contributed by atoms with Gasteiger partial charge in [-0.15, -0.1) is 0 Å². The molecule has 0 radical (unpaired) electrons. The van der Waals surface area contributed by atoms with Gasteiger partial charge in [0.25, 0.3) is 0 Å². The first kappa shape index (κ1) is 12.7. The number of hydrogen-bond donors (Lipinski definition) is 0. The highest BCUT2D eigenvalue weighted by Crippen LogP contribution is 2.25. The Bertz CT molecular complexity index is 434. The first-order valence-electron chi connectivity index (χ1n) is 6.27. The summed E-state index contributed by atoms with van der Waals surface area (Å²) in [7, 11) is 0. The summed E-state index contributed by atoms with van der Waals surface area (Å²) in [5, 5.41) is 0. The fraction of sp³-hybridized carbons (Fsp3) is 0.400. The lowest BCUT2D eigenvalue weighted by Gasteiger charge is -2.22. The number of carbonyl (C=O) groups is 1. The Labute approximate surface area is 107 Å². The maximum Gasteiger partial charge on any atom is 0.334 e. The van der Waals surface area contributed by atoms with Crippen LogP contribution in [0.2, 0.25) is 0 Å². The van der Waals surface area contributed by atoms with Crippen molar-refractivity contribution < 1.29 is 14.3 Å². The predicted octanol–water partition coefficient (Wildman–Crippen LogP) is 3.23. The minimum absolute atomic E-state index is 0.200. The number of hydrogen-bond acceptors (Lipinski definition) is 3. The van der Waals surface area contributed by atoms with Crippen molar-refractivity contribution in [1.29, 1.82) is 0 Å². The molecule has 3 nitrogen and oxygen atoms in total. The number of rotatable bonds is 2. The van der Waals surface area contributed by atoms with Crippen molar-refractivity contribution in [2.75, 3.05) is 6.61 Å². The van der Waals surface area contributed by atoms with Gasteiger partial charge in [-0.25, -0.2) is 4.79 Å². The molecule has 1 atom stereocenters. The second-order valence-corrected chi connectivity index (χ2v) is 4.67. The third-order valence-corrected chi connectivity index (χ3v) is 2.91. The van der Waals surface area contributed by atoms with Gasteiger partial charge in [0, 0.05) is 12.3 Å². The van der Waals surface area contributed by atoms with Crippen LogP contribution in [0.4, 0.5) is 0 Å². The molecule has 0 saturated heterocycles. The van der Waals surface area contributed by atoms with E-state index in [1.165, 1.54) is 6.08 Å². The van der Waals surface area contributed by atoms with Crippen LogP contribution in [-0.4, -0.2) is 12.6 Å². The van der Waals surface area contributed by atoms with Crippen molar-refractivity contribution in [3.63, 3.8) is 0 Å². The third-order valence-electron chi connectivity index (χ3n) is 2.91. The van der Waals surface area contributed by atoms with Gasteiger partial charge in [0.2, 0.25) is 0 Å². The Kier molecular flexibility index (Phi) is 4.03. The lowest BCUT2D eigenvalue weighted by molar-refractivity contribution is -0.145. The van der Waals surface area contributed by atoms with Crippen LogP contribution >= 0.6 is 0 Å². The van der Waals surface area contributed by atoms with E-state index in [0.717, 1.165) is 5.56 Å². The van der Waals surface area contributed by atoms with E-state index in [1.807, 2.05) is 44.2 Å². The molecule has 18 heavy (non-hydrogen) atoms. The first-order chi connectivity index (χ1) is 8.66. The SMILES string of the molecule is CC(C)/C1=C/C(=O)OC(c2ccccc2)CCO1. The van der Waals surface area contributed by atoms with Gasteiger partial charge in [0.1, 0.15) is 11.9 Å². The van der Waals surface area contributed by atoms with Gasteiger partial charge in [0.15, 0.2) is 0 Å². The van der Waals surface area contributed by atoms with Gasteiger partial charge in [0.05, 0.1) is 12.7 Å². The maximum atomic E-state index is 11.8. The summed E-state index contributed by atoms with van der Waals surface area (Å²) in [6.45, 7) is 4.56. The molecule has 3 heteroatoms. The van der Waals surface area contributed by atoms with Crippen LogP contribution in [0.5, 0.6) is 0 Å². The van der Waals surface area contributed by atoms with Crippen molar-refractivity contribution in [1.82, 2.24) is 0 Å². The third kappa shape index (κ3) is 3.13. The molecule has 0 N–H and O–H groups in total. The van der Waals surface area contributed by atoms with Crippen molar-refractivity contribution in [2.45, 2.75) is 26.4 Å². The maximum absolute atomic E-state index is 11.8. The molecular weight excluding hydrogens is 228 g/mol. The van der Waals surface area contributed by atoms with Crippen LogP contribution in [0.25, 0.3) is 0 Å². The molecule has 1 aliphatic heterocycles. The second-order valence-electron chi connectivity index (χ2n) is 4.67. The molecule has 0 amide bonds. The molecule has 1 aromatic rings. The molecular formula is C15H18O3. The summed E-state index contributed by atoms with van der Waals surface area (Å²) < 4.78 is 11.1. The van der Waals surface area contributed by atoms with E-state index in [-0.39, 0.29) is 18.0 Å². The van der Waals surface area contributed by atoms with Gasteiger partial charge in [-0.05, 0) is 5.56 Å². The summed E-state index contributed by atoms with van der Waals surface area (Å²) in [5.41, 5.74) is 1.01. The van der Waals surface area contributed by atoms with Gasteiger partial charge < -0.3 is 9.47 Å². The van der Waals surface area contributed by atoms with Gasteiger partial charge >= 0.3 is 5.97 Å². The van der Waals surface area contributed by atoms with E-state index >= 15 is 0 Å². The minimum Gasteiger partial charge on any atom is -0.497 e. The van der Waals surface area contributed by atoms with E-state index in [4.69, 9.17) is 9.47 Å². The lowest BCUT2D eigenvalue weighted by atomic mass is 10.1. The quantitative estimate of drug-likeness (QED) is 0.751. The molecule has 1 aromatic carbocycles. The summed E-state index contributed by atoms with van der Waals surface area (Å²) in [6, 6.07) is 9.76. The standard InChI is InChI=1S/C15H18O3/c1-11(2)14-10-15(16)18-13(8-9-17-14)12-6-4-3-5-7-12/h3-7,10-11,13H,8-9H2,1-2H3/b14-10-.